The Hall–Kier alpha value is -2.44. The van der Waals surface area contributed by atoms with E-state index in [1.165, 1.54) is 11.0 Å². The van der Waals surface area contributed by atoms with Gasteiger partial charge in [0, 0.05) is 10.6 Å². The highest BCUT2D eigenvalue weighted by molar-refractivity contribution is 7.71. The fourth-order valence-corrected chi connectivity index (χ4v) is 2.32. The summed E-state index contributed by atoms with van der Waals surface area (Å²) in [6.45, 7) is 0.427. The molecule has 1 N–H and O–H groups in total. The van der Waals surface area contributed by atoms with Gasteiger partial charge in [-0.1, -0.05) is 35.9 Å². The molecule has 1 heterocycles. The number of rotatable bonds is 5. The van der Waals surface area contributed by atoms with Gasteiger partial charge in [-0.25, -0.2) is 0 Å². The van der Waals surface area contributed by atoms with E-state index in [2.05, 4.69) is 15.3 Å². The second kappa shape index (κ2) is 7.21. The molecule has 0 spiro atoms. The van der Waals surface area contributed by atoms with Crippen molar-refractivity contribution in [2.24, 2.45) is 5.10 Å². The van der Waals surface area contributed by atoms with Crippen LogP contribution in [0.15, 0.2) is 60.0 Å². The van der Waals surface area contributed by atoms with Gasteiger partial charge in [-0.15, -0.1) is 0 Å². The van der Waals surface area contributed by atoms with Gasteiger partial charge in [0.1, 0.15) is 18.7 Å². The molecule has 23 heavy (non-hydrogen) atoms. The van der Waals surface area contributed by atoms with Crippen LogP contribution in [-0.2, 0) is 6.61 Å². The molecule has 0 fully saturated rings. The van der Waals surface area contributed by atoms with E-state index in [-0.39, 0.29) is 0 Å². The minimum absolute atomic E-state index is 0.427. The van der Waals surface area contributed by atoms with Crippen LogP contribution < -0.4 is 4.74 Å². The van der Waals surface area contributed by atoms with Crippen LogP contribution in [0.4, 0.5) is 0 Å². The SMILES string of the molecule is S=c1[nH]ncn1/N=C/c1ccccc1OCc1cccc(Cl)c1. The normalized spacial score (nSPS) is 11.0. The van der Waals surface area contributed by atoms with E-state index in [1.54, 1.807) is 6.21 Å². The van der Waals surface area contributed by atoms with E-state index in [0.29, 0.717) is 16.4 Å². The zero-order valence-corrected chi connectivity index (χ0v) is 13.6. The number of para-hydroxylation sites is 1. The van der Waals surface area contributed by atoms with Crippen molar-refractivity contribution in [3.8, 4) is 5.75 Å². The van der Waals surface area contributed by atoms with Crippen molar-refractivity contribution in [3.05, 3.63) is 75.8 Å². The molecule has 0 radical (unpaired) electrons. The lowest BCUT2D eigenvalue weighted by Gasteiger charge is -2.09. The quantitative estimate of drug-likeness (QED) is 0.561. The Bertz CT molecular complexity index is 887. The van der Waals surface area contributed by atoms with Gasteiger partial charge in [-0.2, -0.15) is 14.9 Å². The van der Waals surface area contributed by atoms with Gasteiger partial charge in [-0.3, -0.25) is 5.10 Å². The summed E-state index contributed by atoms with van der Waals surface area (Å²) in [6.07, 6.45) is 3.19. The number of halogens is 1. The molecule has 2 aromatic carbocycles. The van der Waals surface area contributed by atoms with Gasteiger partial charge in [0.15, 0.2) is 0 Å². The first-order chi connectivity index (χ1) is 11.2. The summed E-state index contributed by atoms with van der Waals surface area (Å²) in [5.41, 5.74) is 1.85. The summed E-state index contributed by atoms with van der Waals surface area (Å²) >= 11 is 11.0. The number of aromatic nitrogens is 3. The Morgan fingerprint density at radius 1 is 1.26 bits per heavy atom. The summed E-state index contributed by atoms with van der Waals surface area (Å²) < 4.78 is 7.77. The number of H-pyrrole nitrogens is 1. The maximum absolute atomic E-state index is 5.98. The summed E-state index contributed by atoms with van der Waals surface area (Å²) in [4.78, 5) is 0. The highest BCUT2D eigenvalue weighted by atomic mass is 35.5. The van der Waals surface area contributed by atoms with Crippen LogP contribution >= 0.6 is 23.8 Å². The highest BCUT2D eigenvalue weighted by Crippen LogP contribution is 2.19. The second-order valence-electron chi connectivity index (χ2n) is 4.71. The van der Waals surface area contributed by atoms with Crippen LogP contribution in [0.25, 0.3) is 0 Å². The van der Waals surface area contributed by atoms with Crippen molar-refractivity contribution in [1.82, 2.24) is 14.9 Å². The van der Waals surface area contributed by atoms with Crippen LogP contribution in [0.1, 0.15) is 11.1 Å². The smallest absolute Gasteiger partial charge is 0.216 e. The highest BCUT2D eigenvalue weighted by Gasteiger charge is 2.02. The van der Waals surface area contributed by atoms with Gasteiger partial charge < -0.3 is 4.74 Å². The fourth-order valence-electron chi connectivity index (χ4n) is 1.96. The molecule has 0 aliphatic carbocycles. The van der Waals surface area contributed by atoms with E-state index >= 15 is 0 Å². The lowest BCUT2D eigenvalue weighted by Crippen LogP contribution is -1.99. The molecule has 0 unspecified atom stereocenters. The number of hydrogen-bond acceptors (Lipinski definition) is 4. The van der Waals surface area contributed by atoms with Gasteiger partial charge in [0.2, 0.25) is 4.77 Å². The third-order valence-electron chi connectivity index (χ3n) is 3.06. The molecule has 7 heteroatoms. The molecule has 5 nitrogen and oxygen atoms in total. The number of hydrogen-bond donors (Lipinski definition) is 1. The molecule has 116 valence electrons. The van der Waals surface area contributed by atoms with Crippen LogP contribution in [0.2, 0.25) is 5.02 Å². The summed E-state index contributed by atoms with van der Waals surface area (Å²) in [6, 6.07) is 15.2. The van der Waals surface area contributed by atoms with Crippen molar-refractivity contribution >= 4 is 30.0 Å². The largest absolute Gasteiger partial charge is 0.488 e. The Balaban J connectivity index is 1.77. The average molecular weight is 345 g/mol. The van der Waals surface area contributed by atoms with Gasteiger partial charge in [-0.05, 0) is 42.0 Å². The van der Waals surface area contributed by atoms with E-state index in [1.807, 2.05) is 48.5 Å². The summed E-state index contributed by atoms with van der Waals surface area (Å²) in [5.74, 6) is 0.728. The molecule has 0 saturated heterocycles. The number of aromatic amines is 1. The topological polar surface area (TPSA) is 55.2 Å². The minimum atomic E-state index is 0.427. The van der Waals surface area contributed by atoms with Crippen molar-refractivity contribution in [2.45, 2.75) is 6.61 Å². The van der Waals surface area contributed by atoms with E-state index in [4.69, 9.17) is 28.6 Å². The molecule has 0 saturated carbocycles. The molecule has 0 aliphatic heterocycles. The predicted octanol–water partition coefficient (Wildman–Crippen LogP) is 4.06. The Morgan fingerprint density at radius 3 is 2.91 bits per heavy atom. The number of nitrogens with zero attached hydrogens (tertiary/aromatic N) is 3. The molecule has 3 aromatic rings. The first-order valence-corrected chi connectivity index (χ1v) is 7.63. The second-order valence-corrected chi connectivity index (χ2v) is 5.53. The van der Waals surface area contributed by atoms with Crippen molar-refractivity contribution < 1.29 is 4.74 Å². The van der Waals surface area contributed by atoms with Crippen molar-refractivity contribution in [2.75, 3.05) is 0 Å². The van der Waals surface area contributed by atoms with E-state index in [9.17, 15) is 0 Å². The van der Waals surface area contributed by atoms with Crippen LogP contribution in [-0.4, -0.2) is 21.1 Å². The Kier molecular flexibility index (Phi) is 4.85. The zero-order valence-electron chi connectivity index (χ0n) is 12.0. The molecule has 0 bridgehead atoms. The van der Waals surface area contributed by atoms with E-state index < -0.39 is 0 Å². The first kappa shape index (κ1) is 15.5. The van der Waals surface area contributed by atoms with Crippen LogP contribution in [0.5, 0.6) is 5.75 Å². The van der Waals surface area contributed by atoms with Gasteiger partial charge in [0.25, 0.3) is 0 Å². The number of nitrogens with one attached hydrogen (secondary N) is 1. The third kappa shape index (κ3) is 4.06. The number of ether oxygens (including phenoxy) is 1. The zero-order chi connectivity index (χ0) is 16.1. The maximum atomic E-state index is 5.98. The monoisotopic (exact) mass is 344 g/mol. The summed E-state index contributed by atoms with van der Waals surface area (Å²) in [7, 11) is 0. The van der Waals surface area contributed by atoms with Crippen molar-refractivity contribution in [3.63, 3.8) is 0 Å². The minimum Gasteiger partial charge on any atom is -0.488 e. The van der Waals surface area contributed by atoms with Gasteiger partial charge in [0.05, 0.1) is 6.21 Å². The third-order valence-corrected chi connectivity index (χ3v) is 3.57. The molecule has 1 aromatic heterocycles. The van der Waals surface area contributed by atoms with Crippen molar-refractivity contribution in [1.29, 1.82) is 0 Å². The van der Waals surface area contributed by atoms with Crippen LogP contribution in [0, 0.1) is 4.77 Å². The lowest BCUT2D eigenvalue weighted by atomic mass is 10.2. The lowest BCUT2D eigenvalue weighted by molar-refractivity contribution is 0.306. The van der Waals surface area contributed by atoms with E-state index in [0.717, 1.165) is 16.9 Å². The van der Waals surface area contributed by atoms with Gasteiger partial charge >= 0.3 is 0 Å². The maximum Gasteiger partial charge on any atom is 0.216 e. The Morgan fingerprint density at radius 2 is 2.13 bits per heavy atom. The summed E-state index contributed by atoms with van der Waals surface area (Å²) in [5, 5.41) is 11.4. The molecule has 0 atom stereocenters. The molecular formula is C16H13ClN4OS. The average Bonchev–Trinajstić information content (AvgIpc) is 2.97. The molecule has 3 rings (SSSR count). The van der Waals surface area contributed by atoms with Crippen LogP contribution in [0.3, 0.4) is 0 Å². The Labute approximate surface area is 143 Å². The molecule has 0 amide bonds. The fraction of sp³-hybridized carbons (Fsp3) is 0.0625. The standard InChI is InChI=1S/C16H13ClN4OS/c17-14-6-3-4-12(8-14)10-22-15-7-2-1-5-13(15)9-19-21-11-18-20-16(21)23/h1-9,11H,10H2,(H,20,23)/b19-9+. The predicted molar refractivity (Wildman–Crippen MR) is 92.6 cm³/mol. The molecular weight excluding hydrogens is 332 g/mol. The molecule has 0 aliphatic rings. The number of benzene rings is 2. The first-order valence-electron chi connectivity index (χ1n) is 6.85.